The van der Waals surface area contributed by atoms with Gasteiger partial charge < -0.3 is 30.6 Å². The molecule has 3 rings (SSSR count). The molecule has 3 aromatic carbocycles. The van der Waals surface area contributed by atoms with Crippen LogP contribution in [-0.4, -0.2) is 46.3 Å². The molecule has 0 aliphatic carbocycles. The maximum atomic E-state index is 13.4. The third kappa shape index (κ3) is 7.79. The normalized spacial score (nSPS) is 11.2. The Bertz CT molecular complexity index is 1450. The maximum absolute atomic E-state index is 13.4. The van der Waals surface area contributed by atoms with Crippen molar-refractivity contribution in [3.63, 3.8) is 0 Å². The highest BCUT2D eigenvalue weighted by atomic mass is 35.5. The number of carboxylic acid groups (broad SMARTS) is 1. The molecule has 40 heavy (non-hydrogen) atoms. The van der Waals surface area contributed by atoms with Crippen molar-refractivity contribution >= 4 is 47.1 Å². The summed E-state index contributed by atoms with van der Waals surface area (Å²) in [6.07, 6.45) is 0. The Labute approximate surface area is 233 Å². The minimum atomic E-state index is -1.14. The van der Waals surface area contributed by atoms with Crippen molar-refractivity contribution in [3.05, 3.63) is 94.0 Å². The third-order valence-corrected chi connectivity index (χ3v) is 6.06. The van der Waals surface area contributed by atoms with Crippen LogP contribution in [0.25, 0.3) is 0 Å². The Kier molecular flexibility index (Phi) is 9.79. The number of benzene rings is 3. The number of anilines is 1. The van der Waals surface area contributed by atoms with Crippen molar-refractivity contribution in [1.29, 1.82) is 5.41 Å². The third-order valence-electron chi connectivity index (χ3n) is 5.73. The molecule has 0 radical (unpaired) electrons. The van der Waals surface area contributed by atoms with E-state index in [2.05, 4.69) is 10.2 Å². The smallest absolute Gasteiger partial charge is 0.344 e. The molecule has 0 heterocycles. The van der Waals surface area contributed by atoms with Gasteiger partial charge in [-0.25, -0.2) is 14.4 Å². The van der Waals surface area contributed by atoms with E-state index in [-0.39, 0.29) is 34.4 Å². The fourth-order valence-corrected chi connectivity index (χ4v) is 4.10. The van der Waals surface area contributed by atoms with Crippen molar-refractivity contribution in [2.45, 2.75) is 19.4 Å². The molecule has 208 valence electrons. The first-order valence-electron chi connectivity index (χ1n) is 11.7. The highest BCUT2D eigenvalue weighted by Crippen LogP contribution is 2.30. The van der Waals surface area contributed by atoms with E-state index in [1.165, 1.54) is 53.4 Å². The quantitative estimate of drug-likeness (QED) is 0.0797. The SMILES string of the molecule is CC(C(=O)N(CC(=O)ON)Cc1cccc(C(=O)O)c1)c1ccc(OC(=O)c2ccc(NC(=N)N)cc2)cc1Cl. The first kappa shape index (κ1) is 29.6. The van der Waals surface area contributed by atoms with E-state index >= 15 is 0 Å². The molecule has 0 aliphatic heterocycles. The van der Waals surface area contributed by atoms with E-state index in [0.29, 0.717) is 16.8 Å². The molecule has 7 N–H and O–H groups in total. The van der Waals surface area contributed by atoms with Gasteiger partial charge in [0.1, 0.15) is 12.3 Å². The summed E-state index contributed by atoms with van der Waals surface area (Å²) in [6, 6.07) is 16.5. The molecule has 0 saturated carbocycles. The minimum Gasteiger partial charge on any atom is -0.478 e. The standard InChI is InChI=1S/C27H26ClN5O7/c1-15(24(35)33(14-23(34)40-31)13-16-3-2-4-18(11-16)25(36)37)21-10-9-20(12-22(21)28)39-26(38)17-5-7-19(8-6-17)32-27(29)30/h2-12,15H,13-14,31H2,1H3,(H,36,37)(H4,29,30,32). The number of esters is 1. The van der Waals surface area contributed by atoms with Gasteiger partial charge in [-0.15, -0.1) is 0 Å². The van der Waals surface area contributed by atoms with Gasteiger partial charge in [0.2, 0.25) is 5.91 Å². The topological polar surface area (TPSA) is 198 Å². The predicted molar refractivity (Wildman–Crippen MR) is 146 cm³/mol. The molecule has 1 atom stereocenters. The number of halogens is 1. The summed E-state index contributed by atoms with van der Waals surface area (Å²) >= 11 is 6.44. The molecule has 0 aliphatic rings. The van der Waals surface area contributed by atoms with Crippen LogP contribution in [0.2, 0.25) is 5.02 Å². The average Bonchev–Trinajstić information content (AvgIpc) is 2.92. The zero-order chi connectivity index (χ0) is 29.4. The summed E-state index contributed by atoms with van der Waals surface area (Å²) in [5, 5.41) is 19.2. The van der Waals surface area contributed by atoms with Crippen LogP contribution in [0.3, 0.4) is 0 Å². The number of aromatic carboxylic acids is 1. The predicted octanol–water partition coefficient (Wildman–Crippen LogP) is 3.11. The van der Waals surface area contributed by atoms with Gasteiger partial charge in [-0.05, 0) is 66.6 Å². The monoisotopic (exact) mass is 567 g/mol. The second-order valence-corrected chi connectivity index (χ2v) is 9.01. The highest BCUT2D eigenvalue weighted by molar-refractivity contribution is 6.31. The first-order valence-corrected chi connectivity index (χ1v) is 12.1. The second-order valence-electron chi connectivity index (χ2n) is 8.60. The van der Waals surface area contributed by atoms with Gasteiger partial charge in [0.15, 0.2) is 5.96 Å². The zero-order valence-corrected chi connectivity index (χ0v) is 22.0. The Hall–Kier alpha value is -4.94. The van der Waals surface area contributed by atoms with Gasteiger partial charge in [0, 0.05) is 17.3 Å². The van der Waals surface area contributed by atoms with E-state index in [9.17, 15) is 24.3 Å². The van der Waals surface area contributed by atoms with Gasteiger partial charge in [-0.1, -0.05) is 29.8 Å². The number of nitrogens with zero attached hydrogens (tertiary/aromatic N) is 1. The number of amides is 1. The van der Waals surface area contributed by atoms with Crippen LogP contribution in [0.1, 0.15) is 44.7 Å². The highest BCUT2D eigenvalue weighted by Gasteiger charge is 2.27. The van der Waals surface area contributed by atoms with Crippen LogP contribution in [-0.2, 0) is 21.0 Å². The maximum Gasteiger partial charge on any atom is 0.344 e. The summed E-state index contributed by atoms with van der Waals surface area (Å²) in [4.78, 5) is 54.6. The average molecular weight is 568 g/mol. The number of guanidine groups is 1. The molecule has 12 nitrogen and oxygen atoms in total. The van der Waals surface area contributed by atoms with Crippen LogP contribution in [0.15, 0.2) is 66.7 Å². The molecule has 0 aromatic heterocycles. The fraction of sp³-hybridized carbons (Fsp3) is 0.148. The van der Waals surface area contributed by atoms with Crippen molar-refractivity contribution < 1.29 is 33.9 Å². The summed E-state index contributed by atoms with van der Waals surface area (Å²) in [5.41, 5.74) is 6.95. The van der Waals surface area contributed by atoms with Crippen LogP contribution < -0.4 is 21.7 Å². The van der Waals surface area contributed by atoms with E-state index in [4.69, 9.17) is 33.4 Å². The molecular formula is C27H26ClN5O7. The Morgan fingerprint density at radius 1 is 1.05 bits per heavy atom. The number of carboxylic acids is 1. The van der Waals surface area contributed by atoms with Crippen LogP contribution in [0.4, 0.5) is 5.69 Å². The van der Waals surface area contributed by atoms with Gasteiger partial charge in [-0.3, -0.25) is 10.2 Å². The minimum absolute atomic E-state index is 0.0243. The van der Waals surface area contributed by atoms with E-state index in [1.54, 1.807) is 25.1 Å². The molecule has 0 bridgehead atoms. The van der Waals surface area contributed by atoms with E-state index < -0.39 is 36.3 Å². The molecule has 13 heteroatoms. The lowest BCUT2D eigenvalue weighted by atomic mass is 9.98. The lowest BCUT2D eigenvalue weighted by Crippen LogP contribution is -2.39. The van der Waals surface area contributed by atoms with Gasteiger partial charge >= 0.3 is 17.9 Å². The molecule has 0 spiro atoms. The molecule has 3 aromatic rings. The Morgan fingerprint density at radius 3 is 2.35 bits per heavy atom. The van der Waals surface area contributed by atoms with Gasteiger partial charge in [0.25, 0.3) is 0 Å². The molecule has 0 fully saturated rings. The number of rotatable bonds is 10. The zero-order valence-electron chi connectivity index (χ0n) is 21.2. The number of hydrogen-bond donors (Lipinski definition) is 5. The van der Waals surface area contributed by atoms with Crippen LogP contribution in [0.5, 0.6) is 5.75 Å². The number of hydrogen-bond acceptors (Lipinski definition) is 8. The largest absolute Gasteiger partial charge is 0.478 e. The Balaban J connectivity index is 1.76. The summed E-state index contributed by atoms with van der Waals surface area (Å²) in [6.45, 7) is 1.01. The van der Waals surface area contributed by atoms with E-state index in [0.717, 1.165) is 0 Å². The summed E-state index contributed by atoms with van der Waals surface area (Å²) in [5.74, 6) is 0.863. The van der Waals surface area contributed by atoms with Crippen molar-refractivity contribution in [1.82, 2.24) is 4.90 Å². The second kappa shape index (κ2) is 13.2. The van der Waals surface area contributed by atoms with Gasteiger partial charge in [-0.2, -0.15) is 5.90 Å². The molecule has 1 unspecified atom stereocenters. The lowest BCUT2D eigenvalue weighted by Gasteiger charge is -2.25. The Morgan fingerprint density at radius 2 is 1.75 bits per heavy atom. The number of ether oxygens (including phenoxy) is 1. The summed E-state index contributed by atoms with van der Waals surface area (Å²) < 4.78 is 5.39. The molecule has 0 saturated heterocycles. The summed E-state index contributed by atoms with van der Waals surface area (Å²) in [7, 11) is 0. The number of nitrogens with one attached hydrogen (secondary N) is 2. The number of carbonyl (C=O) groups is 4. The van der Waals surface area contributed by atoms with Crippen LogP contribution in [0, 0.1) is 5.41 Å². The molecule has 1 amide bonds. The first-order chi connectivity index (χ1) is 19.0. The van der Waals surface area contributed by atoms with Gasteiger partial charge in [0.05, 0.1) is 17.0 Å². The number of carbonyl (C=O) groups excluding carboxylic acids is 3. The van der Waals surface area contributed by atoms with Crippen molar-refractivity contribution in [2.75, 3.05) is 11.9 Å². The van der Waals surface area contributed by atoms with Crippen molar-refractivity contribution in [2.24, 2.45) is 11.6 Å². The molecular weight excluding hydrogens is 542 g/mol. The lowest BCUT2D eigenvalue weighted by molar-refractivity contribution is -0.150. The fourth-order valence-electron chi connectivity index (χ4n) is 3.77. The van der Waals surface area contributed by atoms with Crippen LogP contribution >= 0.6 is 11.6 Å². The number of nitrogens with two attached hydrogens (primary N) is 2. The van der Waals surface area contributed by atoms with E-state index in [1.807, 2.05) is 0 Å². The van der Waals surface area contributed by atoms with Crippen molar-refractivity contribution in [3.8, 4) is 5.75 Å².